The van der Waals surface area contributed by atoms with E-state index in [-0.39, 0.29) is 11.9 Å². The Balaban J connectivity index is 1.80. The van der Waals surface area contributed by atoms with Gasteiger partial charge < -0.3 is 11.1 Å². The fraction of sp³-hybridized carbons (Fsp3) is 0.286. The van der Waals surface area contributed by atoms with Crippen LogP contribution in [0.25, 0.3) is 0 Å². The van der Waals surface area contributed by atoms with Gasteiger partial charge in [0.1, 0.15) is 5.69 Å². The van der Waals surface area contributed by atoms with Crippen LogP contribution in [-0.4, -0.2) is 15.7 Å². The van der Waals surface area contributed by atoms with E-state index in [1.54, 1.807) is 24.0 Å². The lowest BCUT2D eigenvalue weighted by atomic mass is 10.1. The Morgan fingerprint density at radius 3 is 3.05 bits per heavy atom. The van der Waals surface area contributed by atoms with Gasteiger partial charge in [-0.1, -0.05) is 6.07 Å². The molecule has 3 rings (SSSR count). The van der Waals surface area contributed by atoms with E-state index in [2.05, 4.69) is 10.4 Å². The standard InChI is InChI=1S/C14H16N4O/c1-18-13(6-7-16-18)14(19)17-12-5-2-9-8-10(15)3-4-11(9)12/h3-4,6-8,12H,2,5,15H2,1H3,(H,17,19). The molecule has 2 aromatic rings. The average molecular weight is 256 g/mol. The molecule has 1 aromatic carbocycles. The number of aromatic nitrogens is 2. The van der Waals surface area contributed by atoms with Crippen molar-refractivity contribution in [1.82, 2.24) is 15.1 Å². The summed E-state index contributed by atoms with van der Waals surface area (Å²) in [5, 5.41) is 7.06. The molecule has 1 aliphatic rings. The summed E-state index contributed by atoms with van der Waals surface area (Å²) in [6.45, 7) is 0. The number of nitrogen functional groups attached to an aromatic ring is 1. The molecule has 1 aliphatic carbocycles. The van der Waals surface area contributed by atoms with E-state index in [9.17, 15) is 4.79 Å². The second-order valence-electron chi connectivity index (χ2n) is 4.86. The molecule has 0 spiro atoms. The number of carbonyl (C=O) groups excluding carboxylic acids is 1. The predicted octanol–water partition coefficient (Wildman–Crippen LogP) is 1.42. The first-order valence-electron chi connectivity index (χ1n) is 6.32. The topological polar surface area (TPSA) is 72.9 Å². The Morgan fingerprint density at radius 1 is 1.47 bits per heavy atom. The van der Waals surface area contributed by atoms with Crippen molar-refractivity contribution < 1.29 is 4.79 Å². The highest BCUT2D eigenvalue weighted by atomic mass is 16.2. The third-order valence-corrected chi connectivity index (χ3v) is 3.60. The molecule has 0 bridgehead atoms. The van der Waals surface area contributed by atoms with Gasteiger partial charge >= 0.3 is 0 Å². The van der Waals surface area contributed by atoms with Crippen LogP contribution < -0.4 is 11.1 Å². The van der Waals surface area contributed by atoms with Crippen LogP contribution in [0.15, 0.2) is 30.5 Å². The Labute approximate surface area is 111 Å². The average Bonchev–Trinajstić information content (AvgIpc) is 2.96. The molecule has 5 nitrogen and oxygen atoms in total. The molecular weight excluding hydrogens is 240 g/mol. The number of hydrogen-bond donors (Lipinski definition) is 2. The van der Waals surface area contributed by atoms with E-state index in [0.717, 1.165) is 18.5 Å². The molecule has 1 amide bonds. The van der Waals surface area contributed by atoms with Crippen molar-refractivity contribution >= 4 is 11.6 Å². The lowest BCUT2D eigenvalue weighted by Gasteiger charge is -2.14. The zero-order chi connectivity index (χ0) is 13.4. The van der Waals surface area contributed by atoms with Gasteiger partial charge in [0.2, 0.25) is 0 Å². The Hall–Kier alpha value is -2.30. The van der Waals surface area contributed by atoms with Crippen molar-refractivity contribution in [1.29, 1.82) is 0 Å². The van der Waals surface area contributed by atoms with Crippen LogP contribution in [0.2, 0.25) is 0 Å². The molecule has 19 heavy (non-hydrogen) atoms. The SMILES string of the molecule is Cn1nccc1C(=O)NC1CCc2cc(N)ccc21. The van der Waals surface area contributed by atoms with E-state index in [1.165, 1.54) is 11.1 Å². The maximum Gasteiger partial charge on any atom is 0.270 e. The molecule has 1 unspecified atom stereocenters. The highest BCUT2D eigenvalue weighted by Crippen LogP contribution is 2.32. The molecule has 0 radical (unpaired) electrons. The van der Waals surface area contributed by atoms with E-state index in [4.69, 9.17) is 5.73 Å². The van der Waals surface area contributed by atoms with Crippen LogP contribution in [0.5, 0.6) is 0 Å². The van der Waals surface area contributed by atoms with Gasteiger partial charge in [-0.05, 0) is 42.2 Å². The highest BCUT2D eigenvalue weighted by molar-refractivity contribution is 5.92. The van der Waals surface area contributed by atoms with Gasteiger partial charge in [0.05, 0.1) is 6.04 Å². The summed E-state index contributed by atoms with van der Waals surface area (Å²) in [5.41, 5.74) is 9.53. The van der Waals surface area contributed by atoms with E-state index < -0.39 is 0 Å². The number of aryl methyl sites for hydroxylation is 2. The van der Waals surface area contributed by atoms with Gasteiger partial charge in [0.25, 0.3) is 5.91 Å². The number of nitrogens with one attached hydrogen (secondary N) is 1. The smallest absolute Gasteiger partial charge is 0.270 e. The summed E-state index contributed by atoms with van der Waals surface area (Å²) >= 11 is 0. The number of rotatable bonds is 2. The maximum atomic E-state index is 12.2. The summed E-state index contributed by atoms with van der Waals surface area (Å²) in [7, 11) is 1.76. The minimum Gasteiger partial charge on any atom is -0.399 e. The van der Waals surface area contributed by atoms with Crippen LogP contribution in [-0.2, 0) is 13.5 Å². The van der Waals surface area contributed by atoms with Crippen molar-refractivity contribution in [3.05, 3.63) is 47.3 Å². The molecule has 0 saturated carbocycles. The van der Waals surface area contributed by atoms with Crippen LogP contribution in [0.4, 0.5) is 5.69 Å². The first-order valence-corrected chi connectivity index (χ1v) is 6.32. The number of fused-ring (bicyclic) bond motifs is 1. The number of hydrogen-bond acceptors (Lipinski definition) is 3. The van der Waals surface area contributed by atoms with Gasteiger partial charge in [0, 0.05) is 18.9 Å². The summed E-state index contributed by atoms with van der Waals surface area (Å²) in [6.07, 6.45) is 3.50. The monoisotopic (exact) mass is 256 g/mol. The Bertz CT molecular complexity index is 632. The molecule has 1 heterocycles. The molecule has 98 valence electrons. The third kappa shape index (κ3) is 2.07. The molecule has 0 fully saturated rings. The number of nitrogens with two attached hydrogens (primary N) is 1. The third-order valence-electron chi connectivity index (χ3n) is 3.60. The Morgan fingerprint density at radius 2 is 2.32 bits per heavy atom. The van der Waals surface area contributed by atoms with Gasteiger partial charge in [0.15, 0.2) is 0 Å². The maximum absolute atomic E-state index is 12.2. The molecule has 1 aromatic heterocycles. The lowest BCUT2D eigenvalue weighted by Crippen LogP contribution is -2.28. The molecule has 1 atom stereocenters. The molecular formula is C14H16N4O. The van der Waals surface area contributed by atoms with Crippen molar-refractivity contribution in [3.63, 3.8) is 0 Å². The van der Waals surface area contributed by atoms with E-state index >= 15 is 0 Å². The summed E-state index contributed by atoms with van der Waals surface area (Å²) in [6, 6.07) is 7.66. The van der Waals surface area contributed by atoms with Gasteiger partial charge in [-0.3, -0.25) is 9.48 Å². The quantitative estimate of drug-likeness (QED) is 0.798. The number of carbonyl (C=O) groups is 1. The van der Waals surface area contributed by atoms with Crippen LogP contribution in [0.3, 0.4) is 0 Å². The van der Waals surface area contributed by atoms with E-state index in [0.29, 0.717) is 5.69 Å². The Kier molecular flexibility index (Phi) is 2.74. The molecule has 0 saturated heterocycles. The predicted molar refractivity (Wildman–Crippen MR) is 72.6 cm³/mol. The van der Waals surface area contributed by atoms with Crippen molar-refractivity contribution in [2.75, 3.05) is 5.73 Å². The van der Waals surface area contributed by atoms with Crippen molar-refractivity contribution in [2.24, 2.45) is 7.05 Å². The number of anilines is 1. The second kappa shape index (κ2) is 4.42. The number of amides is 1. The van der Waals surface area contributed by atoms with Gasteiger partial charge in [-0.2, -0.15) is 5.10 Å². The number of benzene rings is 1. The second-order valence-corrected chi connectivity index (χ2v) is 4.86. The largest absolute Gasteiger partial charge is 0.399 e. The molecule has 0 aliphatic heterocycles. The van der Waals surface area contributed by atoms with Crippen molar-refractivity contribution in [2.45, 2.75) is 18.9 Å². The van der Waals surface area contributed by atoms with Gasteiger partial charge in [-0.25, -0.2) is 0 Å². The normalized spacial score (nSPS) is 17.2. The zero-order valence-electron chi connectivity index (χ0n) is 10.8. The first kappa shape index (κ1) is 11.8. The number of nitrogens with zero attached hydrogens (tertiary/aromatic N) is 2. The van der Waals surface area contributed by atoms with Crippen molar-refractivity contribution in [3.8, 4) is 0 Å². The highest BCUT2D eigenvalue weighted by Gasteiger charge is 2.25. The first-order chi connectivity index (χ1) is 9.15. The minimum absolute atomic E-state index is 0.0676. The van der Waals surface area contributed by atoms with Crippen LogP contribution >= 0.6 is 0 Å². The molecule has 5 heteroatoms. The fourth-order valence-corrected chi connectivity index (χ4v) is 2.62. The lowest BCUT2D eigenvalue weighted by molar-refractivity contribution is 0.0927. The summed E-state index contributed by atoms with van der Waals surface area (Å²) in [4.78, 5) is 12.2. The summed E-state index contributed by atoms with van der Waals surface area (Å²) < 4.78 is 1.58. The summed E-state index contributed by atoms with van der Waals surface area (Å²) in [5.74, 6) is -0.0883. The fourth-order valence-electron chi connectivity index (χ4n) is 2.62. The molecule has 3 N–H and O–H groups in total. The van der Waals surface area contributed by atoms with Crippen LogP contribution in [0.1, 0.15) is 34.1 Å². The minimum atomic E-state index is -0.0883. The zero-order valence-corrected chi connectivity index (χ0v) is 10.8. The van der Waals surface area contributed by atoms with Gasteiger partial charge in [-0.15, -0.1) is 0 Å². The van der Waals surface area contributed by atoms with Crippen LogP contribution in [0, 0.1) is 0 Å². The van der Waals surface area contributed by atoms with E-state index in [1.807, 2.05) is 18.2 Å².